The number of carbonyl (C=O) groups is 1. The van der Waals surface area contributed by atoms with Crippen molar-refractivity contribution in [3.05, 3.63) is 78.4 Å². The predicted octanol–water partition coefficient (Wildman–Crippen LogP) is 5.28. The third-order valence-corrected chi connectivity index (χ3v) is 7.96. The molecule has 1 heterocycles. The molecule has 0 radical (unpaired) electrons. The Labute approximate surface area is 207 Å². The van der Waals surface area contributed by atoms with Crippen LogP contribution in [0.25, 0.3) is 0 Å². The predicted molar refractivity (Wildman–Crippen MR) is 139 cm³/mol. The molecule has 1 aliphatic rings. The summed E-state index contributed by atoms with van der Waals surface area (Å²) in [6.07, 6.45) is 1.66. The maximum Gasteiger partial charge on any atom is 0.258 e. The summed E-state index contributed by atoms with van der Waals surface area (Å²) in [6, 6.07) is 21.9. The van der Waals surface area contributed by atoms with E-state index in [0.717, 1.165) is 29.9 Å². The fourth-order valence-corrected chi connectivity index (χ4v) is 5.96. The molecule has 0 atom stereocenters. The van der Waals surface area contributed by atoms with Crippen molar-refractivity contribution in [1.29, 1.82) is 0 Å². The molecule has 4 rings (SSSR count). The quantitative estimate of drug-likeness (QED) is 0.462. The number of sulfonamides is 1. The van der Waals surface area contributed by atoms with Gasteiger partial charge in [0, 0.05) is 41.8 Å². The van der Waals surface area contributed by atoms with Crippen molar-refractivity contribution < 1.29 is 17.9 Å². The molecule has 0 aromatic heterocycles. The molecule has 0 aliphatic carbocycles. The highest BCUT2D eigenvalue weighted by molar-refractivity contribution is 7.89. The second kappa shape index (κ2) is 10.5. The lowest BCUT2D eigenvalue weighted by Gasteiger charge is -2.28. The van der Waals surface area contributed by atoms with Crippen LogP contribution in [-0.4, -0.2) is 44.9 Å². The van der Waals surface area contributed by atoms with Gasteiger partial charge in [-0.1, -0.05) is 18.2 Å². The fraction of sp³-hybridized carbons (Fsp3) is 0.296. The lowest BCUT2D eigenvalue weighted by molar-refractivity contribution is 0.0980. The molecule has 0 bridgehead atoms. The molecular formula is C27H31N3O4S. The van der Waals surface area contributed by atoms with Gasteiger partial charge in [0.2, 0.25) is 10.0 Å². The molecule has 1 fully saturated rings. The highest BCUT2D eigenvalue weighted by atomic mass is 32.2. The van der Waals surface area contributed by atoms with Gasteiger partial charge in [-0.3, -0.25) is 4.79 Å². The number of rotatable bonds is 8. The van der Waals surface area contributed by atoms with Crippen molar-refractivity contribution in [2.75, 3.05) is 30.4 Å². The monoisotopic (exact) mass is 493 g/mol. The van der Waals surface area contributed by atoms with Gasteiger partial charge in [-0.15, -0.1) is 0 Å². The SMILES string of the molecule is COc1ccc(C(=O)N(c2ccc(Nc3ccccc3)cc2)C(C)C)cc1S(=O)(=O)N1CCCC1. The second-order valence-corrected chi connectivity index (χ2v) is 10.7. The van der Waals surface area contributed by atoms with E-state index in [9.17, 15) is 13.2 Å². The number of hydrogen-bond donors (Lipinski definition) is 1. The van der Waals surface area contributed by atoms with E-state index in [2.05, 4.69) is 5.32 Å². The van der Waals surface area contributed by atoms with Crippen molar-refractivity contribution in [3.63, 3.8) is 0 Å². The number of ether oxygens (including phenoxy) is 1. The molecule has 35 heavy (non-hydrogen) atoms. The van der Waals surface area contributed by atoms with E-state index in [4.69, 9.17) is 4.74 Å². The number of carbonyl (C=O) groups excluding carboxylic acids is 1. The number of nitrogens with zero attached hydrogens (tertiary/aromatic N) is 2. The first-order chi connectivity index (χ1) is 16.8. The van der Waals surface area contributed by atoms with Crippen LogP contribution in [0.1, 0.15) is 37.0 Å². The van der Waals surface area contributed by atoms with Crippen LogP contribution >= 0.6 is 0 Å². The summed E-state index contributed by atoms with van der Waals surface area (Å²) in [5.74, 6) is -0.0369. The maximum absolute atomic E-state index is 13.6. The molecule has 3 aromatic rings. The summed E-state index contributed by atoms with van der Waals surface area (Å²) in [4.78, 5) is 15.3. The van der Waals surface area contributed by atoms with Crippen molar-refractivity contribution in [1.82, 2.24) is 4.31 Å². The number of para-hydroxylation sites is 1. The summed E-state index contributed by atoms with van der Waals surface area (Å²) in [5, 5.41) is 3.33. The van der Waals surface area contributed by atoms with E-state index in [-0.39, 0.29) is 22.6 Å². The van der Waals surface area contributed by atoms with Gasteiger partial charge in [0.25, 0.3) is 5.91 Å². The minimum Gasteiger partial charge on any atom is -0.495 e. The van der Waals surface area contributed by atoms with E-state index < -0.39 is 10.0 Å². The van der Waals surface area contributed by atoms with Crippen LogP contribution in [0.5, 0.6) is 5.75 Å². The van der Waals surface area contributed by atoms with Crippen LogP contribution in [0, 0.1) is 0 Å². The van der Waals surface area contributed by atoms with Crippen LogP contribution in [0.2, 0.25) is 0 Å². The van der Waals surface area contributed by atoms with Gasteiger partial charge in [-0.25, -0.2) is 8.42 Å². The number of anilines is 3. The van der Waals surface area contributed by atoms with Gasteiger partial charge in [-0.05, 0) is 81.3 Å². The Balaban J connectivity index is 1.63. The normalized spacial score (nSPS) is 14.2. The van der Waals surface area contributed by atoms with Gasteiger partial charge in [0.15, 0.2) is 0 Å². The fourth-order valence-electron chi connectivity index (χ4n) is 4.26. The Morgan fingerprint density at radius 1 is 0.943 bits per heavy atom. The topological polar surface area (TPSA) is 79.0 Å². The minimum atomic E-state index is -3.75. The zero-order chi connectivity index (χ0) is 25.0. The number of amides is 1. The molecule has 3 aromatic carbocycles. The third-order valence-electron chi connectivity index (χ3n) is 6.04. The Morgan fingerprint density at radius 3 is 2.17 bits per heavy atom. The second-order valence-electron chi connectivity index (χ2n) is 8.78. The molecule has 7 nitrogen and oxygen atoms in total. The summed E-state index contributed by atoms with van der Waals surface area (Å²) in [5.41, 5.74) is 2.90. The number of benzene rings is 3. The summed E-state index contributed by atoms with van der Waals surface area (Å²) >= 11 is 0. The smallest absolute Gasteiger partial charge is 0.258 e. The van der Waals surface area contributed by atoms with E-state index in [1.54, 1.807) is 17.0 Å². The first-order valence-electron chi connectivity index (χ1n) is 11.7. The Morgan fingerprint density at radius 2 is 1.57 bits per heavy atom. The van der Waals surface area contributed by atoms with Crippen molar-refractivity contribution >= 4 is 33.0 Å². The minimum absolute atomic E-state index is 0.0267. The van der Waals surface area contributed by atoms with Gasteiger partial charge in [-0.2, -0.15) is 4.31 Å². The summed E-state index contributed by atoms with van der Waals surface area (Å²) < 4.78 is 33.3. The highest BCUT2D eigenvalue weighted by Gasteiger charge is 2.31. The molecule has 8 heteroatoms. The Hall–Kier alpha value is -3.36. The Kier molecular flexibility index (Phi) is 7.42. The van der Waals surface area contributed by atoms with Crippen LogP contribution in [-0.2, 0) is 10.0 Å². The van der Waals surface area contributed by atoms with Crippen LogP contribution in [0.4, 0.5) is 17.1 Å². The Bertz CT molecular complexity index is 1270. The van der Waals surface area contributed by atoms with Crippen LogP contribution in [0.3, 0.4) is 0 Å². The number of nitrogens with one attached hydrogen (secondary N) is 1. The molecule has 1 N–H and O–H groups in total. The van der Waals surface area contributed by atoms with Crippen LogP contribution in [0.15, 0.2) is 77.7 Å². The molecule has 0 unspecified atom stereocenters. The average molecular weight is 494 g/mol. The summed E-state index contributed by atoms with van der Waals surface area (Å²) in [6.45, 7) is 4.81. The van der Waals surface area contributed by atoms with Gasteiger partial charge in [0.1, 0.15) is 10.6 Å². The number of hydrogen-bond acceptors (Lipinski definition) is 5. The summed E-state index contributed by atoms with van der Waals surface area (Å²) in [7, 11) is -2.32. The van der Waals surface area contributed by atoms with Gasteiger partial charge < -0.3 is 15.0 Å². The molecule has 1 aliphatic heterocycles. The first-order valence-corrected chi connectivity index (χ1v) is 13.2. The zero-order valence-electron chi connectivity index (χ0n) is 20.3. The lowest BCUT2D eigenvalue weighted by atomic mass is 10.1. The zero-order valence-corrected chi connectivity index (χ0v) is 21.1. The van der Waals surface area contributed by atoms with E-state index >= 15 is 0 Å². The van der Waals surface area contributed by atoms with E-state index in [0.29, 0.717) is 18.7 Å². The van der Waals surface area contributed by atoms with Crippen molar-refractivity contribution in [2.45, 2.75) is 37.6 Å². The highest BCUT2D eigenvalue weighted by Crippen LogP contribution is 2.31. The molecular weight excluding hydrogens is 462 g/mol. The van der Waals surface area contributed by atoms with Crippen molar-refractivity contribution in [2.24, 2.45) is 0 Å². The van der Waals surface area contributed by atoms with Crippen LogP contribution < -0.4 is 15.0 Å². The van der Waals surface area contributed by atoms with Crippen molar-refractivity contribution in [3.8, 4) is 5.75 Å². The van der Waals surface area contributed by atoms with E-state index in [1.807, 2.05) is 68.4 Å². The molecule has 184 valence electrons. The molecule has 0 spiro atoms. The van der Waals surface area contributed by atoms with Gasteiger partial charge in [0.05, 0.1) is 7.11 Å². The standard InChI is InChI=1S/C27H31N3O4S/c1-20(2)30(24-14-12-23(13-15-24)28-22-9-5-4-6-10-22)27(31)21-11-16-25(34-3)26(19-21)35(32,33)29-17-7-8-18-29/h4-6,9-16,19-20,28H,7-8,17-18H2,1-3H3. The first kappa shape index (κ1) is 24.8. The van der Waals surface area contributed by atoms with E-state index in [1.165, 1.54) is 17.5 Å². The number of methoxy groups -OCH3 is 1. The molecule has 1 amide bonds. The van der Waals surface area contributed by atoms with Gasteiger partial charge >= 0.3 is 0 Å². The lowest BCUT2D eigenvalue weighted by Crippen LogP contribution is -2.37. The largest absolute Gasteiger partial charge is 0.495 e. The average Bonchev–Trinajstić information content (AvgIpc) is 3.41. The molecule has 0 saturated carbocycles. The third kappa shape index (κ3) is 5.33. The molecule has 1 saturated heterocycles. The maximum atomic E-state index is 13.6.